The van der Waals surface area contributed by atoms with Crippen LogP contribution in [0.1, 0.15) is 27.2 Å². The van der Waals surface area contributed by atoms with Gasteiger partial charge in [0.1, 0.15) is 5.76 Å². The van der Waals surface area contributed by atoms with E-state index in [9.17, 15) is 9.59 Å². The second-order valence-corrected chi connectivity index (χ2v) is 3.63. The van der Waals surface area contributed by atoms with Crippen molar-refractivity contribution in [2.75, 3.05) is 6.61 Å². The van der Waals surface area contributed by atoms with Crippen molar-refractivity contribution in [3.8, 4) is 0 Å². The minimum absolute atomic E-state index is 0.174. The van der Waals surface area contributed by atoms with Crippen molar-refractivity contribution in [2.45, 2.75) is 32.8 Å². The van der Waals surface area contributed by atoms with Gasteiger partial charge in [-0.3, -0.25) is 4.79 Å². The quantitative estimate of drug-likeness (QED) is 0.692. The number of primary amides is 1. The van der Waals surface area contributed by atoms with Crippen molar-refractivity contribution >= 4 is 11.9 Å². The molecule has 1 aliphatic rings. The van der Waals surface area contributed by atoms with Crippen LogP contribution in [-0.2, 0) is 19.1 Å². The number of carbonyl (C=O) groups is 2. The number of nitrogens with two attached hydrogens (primary N) is 1. The lowest BCUT2D eigenvalue weighted by Crippen LogP contribution is -2.41. The Morgan fingerprint density at radius 1 is 1.60 bits per heavy atom. The van der Waals surface area contributed by atoms with Crippen LogP contribution in [0.2, 0.25) is 0 Å². The van der Waals surface area contributed by atoms with Crippen LogP contribution < -0.4 is 5.73 Å². The first-order valence-electron chi connectivity index (χ1n) is 4.76. The topological polar surface area (TPSA) is 78.6 Å². The highest BCUT2D eigenvalue weighted by Crippen LogP contribution is 2.33. The van der Waals surface area contributed by atoms with Gasteiger partial charge in [0, 0.05) is 6.42 Å². The number of rotatable bonds is 3. The zero-order valence-corrected chi connectivity index (χ0v) is 9.12. The summed E-state index contributed by atoms with van der Waals surface area (Å²) in [6.45, 7) is 5.20. The van der Waals surface area contributed by atoms with Crippen molar-refractivity contribution in [3.63, 3.8) is 0 Å². The molecule has 0 saturated carbocycles. The fraction of sp³-hybridized carbons (Fsp3) is 0.600. The van der Waals surface area contributed by atoms with Crippen LogP contribution in [0, 0.1) is 0 Å². The van der Waals surface area contributed by atoms with Crippen LogP contribution in [0.3, 0.4) is 0 Å². The van der Waals surface area contributed by atoms with Gasteiger partial charge in [-0.05, 0) is 20.8 Å². The van der Waals surface area contributed by atoms with Gasteiger partial charge in [-0.25, -0.2) is 4.79 Å². The van der Waals surface area contributed by atoms with Crippen molar-refractivity contribution < 1.29 is 19.1 Å². The van der Waals surface area contributed by atoms with Gasteiger partial charge >= 0.3 is 5.97 Å². The summed E-state index contributed by atoms with van der Waals surface area (Å²) in [6, 6.07) is 0. The van der Waals surface area contributed by atoms with E-state index in [2.05, 4.69) is 0 Å². The molecule has 1 aliphatic heterocycles. The lowest BCUT2D eigenvalue weighted by atomic mass is 9.98. The molecule has 0 aromatic rings. The molecule has 0 radical (unpaired) electrons. The van der Waals surface area contributed by atoms with E-state index in [4.69, 9.17) is 15.2 Å². The SMILES string of the molecule is CCOC(=O)C1=C(C)O[C@](C)(C(N)=O)C1. The molecule has 1 amide bonds. The van der Waals surface area contributed by atoms with E-state index >= 15 is 0 Å². The molecule has 84 valence electrons. The zero-order chi connectivity index (χ0) is 11.6. The van der Waals surface area contributed by atoms with E-state index in [1.165, 1.54) is 0 Å². The van der Waals surface area contributed by atoms with E-state index in [-0.39, 0.29) is 6.42 Å². The van der Waals surface area contributed by atoms with Gasteiger partial charge < -0.3 is 15.2 Å². The van der Waals surface area contributed by atoms with E-state index in [1.807, 2.05) is 0 Å². The summed E-state index contributed by atoms with van der Waals surface area (Å²) in [4.78, 5) is 22.6. The maximum Gasteiger partial charge on any atom is 0.337 e. The molecule has 0 bridgehead atoms. The first kappa shape index (κ1) is 11.6. The fourth-order valence-electron chi connectivity index (χ4n) is 1.47. The number of hydrogen-bond acceptors (Lipinski definition) is 4. The first-order valence-corrected chi connectivity index (χ1v) is 4.76. The minimum atomic E-state index is -1.12. The van der Waals surface area contributed by atoms with Crippen LogP contribution in [0.15, 0.2) is 11.3 Å². The van der Waals surface area contributed by atoms with Gasteiger partial charge in [-0.1, -0.05) is 0 Å². The van der Waals surface area contributed by atoms with E-state index < -0.39 is 17.5 Å². The molecule has 0 saturated heterocycles. The molecule has 0 spiro atoms. The molecule has 0 aliphatic carbocycles. The van der Waals surface area contributed by atoms with E-state index in [1.54, 1.807) is 20.8 Å². The largest absolute Gasteiger partial charge is 0.481 e. The minimum Gasteiger partial charge on any atom is -0.481 e. The normalized spacial score (nSPS) is 25.0. The average Bonchev–Trinajstić information content (AvgIpc) is 2.44. The summed E-state index contributed by atoms with van der Waals surface area (Å²) in [5.74, 6) is -0.615. The Morgan fingerprint density at radius 2 is 2.20 bits per heavy atom. The predicted molar refractivity (Wildman–Crippen MR) is 52.6 cm³/mol. The van der Waals surface area contributed by atoms with E-state index in [0.717, 1.165) is 0 Å². The summed E-state index contributed by atoms with van der Waals surface area (Å²) in [5.41, 5.74) is 4.46. The van der Waals surface area contributed by atoms with E-state index in [0.29, 0.717) is 17.9 Å². The van der Waals surface area contributed by atoms with Crippen LogP contribution in [0.5, 0.6) is 0 Å². The van der Waals surface area contributed by atoms with Gasteiger partial charge in [0.05, 0.1) is 12.2 Å². The van der Waals surface area contributed by atoms with Gasteiger partial charge in [0.2, 0.25) is 0 Å². The first-order chi connectivity index (χ1) is 6.90. The Balaban J connectivity index is 2.82. The summed E-state index contributed by atoms with van der Waals surface area (Å²) in [6.07, 6.45) is 0.174. The molecule has 1 heterocycles. The zero-order valence-electron chi connectivity index (χ0n) is 9.12. The highest BCUT2D eigenvalue weighted by atomic mass is 16.5. The van der Waals surface area contributed by atoms with Gasteiger partial charge in [-0.15, -0.1) is 0 Å². The average molecular weight is 213 g/mol. The molecule has 1 atom stereocenters. The fourth-order valence-corrected chi connectivity index (χ4v) is 1.47. The van der Waals surface area contributed by atoms with Crippen LogP contribution in [-0.4, -0.2) is 24.1 Å². The van der Waals surface area contributed by atoms with Gasteiger partial charge in [0.25, 0.3) is 5.91 Å². The van der Waals surface area contributed by atoms with Crippen LogP contribution in [0.25, 0.3) is 0 Å². The summed E-state index contributed by atoms with van der Waals surface area (Å²) in [5, 5.41) is 0. The number of carbonyl (C=O) groups excluding carboxylic acids is 2. The Labute approximate surface area is 88.2 Å². The Morgan fingerprint density at radius 3 is 2.60 bits per heavy atom. The van der Waals surface area contributed by atoms with Gasteiger partial charge in [-0.2, -0.15) is 0 Å². The van der Waals surface area contributed by atoms with Crippen molar-refractivity contribution in [3.05, 3.63) is 11.3 Å². The smallest absolute Gasteiger partial charge is 0.337 e. The number of ether oxygens (including phenoxy) is 2. The van der Waals surface area contributed by atoms with Crippen LogP contribution in [0.4, 0.5) is 0 Å². The maximum absolute atomic E-state index is 11.5. The Hall–Kier alpha value is -1.52. The number of hydrogen-bond donors (Lipinski definition) is 1. The standard InChI is InChI=1S/C10H15NO4/c1-4-14-8(12)7-5-10(3,9(11)13)15-6(7)2/h4-5H2,1-3H3,(H2,11,13)/t10-/m0/s1. The molecular weight excluding hydrogens is 198 g/mol. The maximum atomic E-state index is 11.5. The molecule has 1 rings (SSSR count). The molecular formula is C10H15NO4. The number of allylic oxidation sites excluding steroid dienone is 1. The highest BCUT2D eigenvalue weighted by molar-refractivity contribution is 5.93. The third-order valence-electron chi connectivity index (χ3n) is 2.36. The Bertz CT molecular complexity index is 334. The predicted octanol–water partition coefficient (Wildman–Crippen LogP) is 0.488. The molecule has 0 unspecified atom stereocenters. The summed E-state index contributed by atoms with van der Waals surface area (Å²) >= 11 is 0. The number of esters is 1. The summed E-state index contributed by atoms with van der Waals surface area (Å²) < 4.78 is 10.1. The molecule has 5 nitrogen and oxygen atoms in total. The lowest BCUT2D eigenvalue weighted by Gasteiger charge is -2.20. The van der Waals surface area contributed by atoms with Crippen molar-refractivity contribution in [1.29, 1.82) is 0 Å². The molecule has 0 aromatic carbocycles. The second kappa shape index (κ2) is 3.92. The highest BCUT2D eigenvalue weighted by Gasteiger charge is 2.43. The Kier molecular flexibility index (Phi) is 3.02. The molecule has 2 N–H and O–H groups in total. The van der Waals surface area contributed by atoms with Crippen LogP contribution >= 0.6 is 0 Å². The molecule has 0 fully saturated rings. The van der Waals surface area contributed by atoms with Gasteiger partial charge in [0.15, 0.2) is 5.60 Å². The lowest BCUT2D eigenvalue weighted by molar-refractivity contribution is -0.138. The monoisotopic (exact) mass is 213 g/mol. The van der Waals surface area contributed by atoms with Crippen molar-refractivity contribution in [1.82, 2.24) is 0 Å². The molecule has 15 heavy (non-hydrogen) atoms. The third kappa shape index (κ3) is 2.11. The van der Waals surface area contributed by atoms with Crippen molar-refractivity contribution in [2.24, 2.45) is 5.73 Å². The third-order valence-corrected chi connectivity index (χ3v) is 2.36. The molecule has 0 aromatic heterocycles. The number of amides is 1. The molecule has 5 heteroatoms. The summed E-state index contributed by atoms with van der Waals surface area (Å²) in [7, 11) is 0. The second-order valence-electron chi connectivity index (χ2n) is 3.63.